The van der Waals surface area contributed by atoms with E-state index in [2.05, 4.69) is 0 Å². The van der Waals surface area contributed by atoms with Crippen LogP contribution in [0.5, 0.6) is 0 Å². The topological polar surface area (TPSA) is 69.1 Å². The molecule has 4 N–H and O–H groups in total. The predicted octanol–water partition coefficient (Wildman–Crippen LogP) is 2.99. The fourth-order valence-corrected chi connectivity index (χ4v) is 1.96. The number of primary amides is 1. The summed E-state index contributed by atoms with van der Waals surface area (Å²) in [6, 6.07) is 12.8. The van der Waals surface area contributed by atoms with Gasteiger partial charge in [-0.3, -0.25) is 4.79 Å². The Hall–Kier alpha value is -1.55. The molecule has 2 aromatic rings. The molecular weight excluding hydrogens is 283 g/mol. The molecule has 0 aliphatic carbocycles. The minimum absolute atomic E-state index is 0. The summed E-state index contributed by atoms with van der Waals surface area (Å²) in [5.74, 6) is -0.490. The van der Waals surface area contributed by atoms with Crippen molar-refractivity contribution in [1.29, 1.82) is 0 Å². The summed E-state index contributed by atoms with van der Waals surface area (Å²) < 4.78 is 0. The number of carbonyl (C=O) groups excluding carboxylic acids is 1. The lowest BCUT2D eigenvalue weighted by Gasteiger charge is -2.08. The maximum atomic E-state index is 11.4. The first-order valence-electron chi connectivity index (χ1n) is 5.50. The van der Waals surface area contributed by atoms with Gasteiger partial charge in [0.15, 0.2) is 0 Å². The van der Waals surface area contributed by atoms with Gasteiger partial charge in [-0.2, -0.15) is 0 Å². The number of benzene rings is 2. The third-order valence-electron chi connectivity index (χ3n) is 2.75. The highest BCUT2D eigenvalue weighted by atomic mass is 35.5. The van der Waals surface area contributed by atoms with Crippen LogP contribution >= 0.6 is 24.0 Å². The molecule has 0 spiro atoms. The zero-order valence-corrected chi connectivity index (χ0v) is 11.7. The van der Waals surface area contributed by atoms with Crippen LogP contribution < -0.4 is 11.5 Å². The van der Waals surface area contributed by atoms with E-state index in [4.69, 9.17) is 23.1 Å². The van der Waals surface area contributed by atoms with Crippen molar-refractivity contribution in [3.05, 3.63) is 58.6 Å². The second-order valence-corrected chi connectivity index (χ2v) is 4.39. The fraction of sp³-hybridized carbons (Fsp3) is 0.0714. The first-order valence-corrected chi connectivity index (χ1v) is 5.88. The number of amides is 1. The normalized spacial score (nSPS) is 9.79. The molecule has 0 aliphatic heterocycles. The molecule has 0 atom stereocenters. The Bertz CT molecular complexity index is 582. The average Bonchev–Trinajstić information content (AvgIpc) is 2.39. The Morgan fingerprint density at radius 3 is 2.26 bits per heavy atom. The number of hydrogen-bond donors (Lipinski definition) is 2. The third kappa shape index (κ3) is 3.47. The summed E-state index contributed by atoms with van der Waals surface area (Å²) in [5.41, 5.74) is 14.0. The van der Waals surface area contributed by atoms with Crippen LogP contribution in [0, 0.1) is 0 Å². The summed E-state index contributed by atoms with van der Waals surface area (Å²) in [6.07, 6.45) is 0. The standard InChI is InChI=1S/C14H13ClN2O.ClH/c15-11-5-6-12(13(7-11)14(17)18)10-3-1-9(8-16)2-4-10;/h1-7H,8,16H2,(H2,17,18);1H. The van der Waals surface area contributed by atoms with E-state index in [9.17, 15) is 4.79 Å². The van der Waals surface area contributed by atoms with Gasteiger partial charge < -0.3 is 11.5 Å². The first kappa shape index (κ1) is 15.5. The van der Waals surface area contributed by atoms with E-state index >= 15 is 0 Å². The molecule has 0 fully saturated rings. The fourth-order valence-electron chi connectivity index (χ4n) is 1.79. The zero-order chi connectivity index (χ0) is 13.1. The molecule has 2 rings (SSSR count). The van der Waals surface area contributed by atoms with Gasteiger partial charge in [0.05, 0.1) is 0 Å². The quantitative estimate of drug-likeness (QED) is 0.914. The Kier molecular flexibility index (Phi) is 5.36. The van der Waals surface area contributed by atoms with Crippen molar-refractivity contribution in [2.75, 3.05) is 0 Å². The van der Waals surface area contributed by atoms with E-state index < -0.39 is 5.91 Å². The molecule has 0 saturated heterocycles. The molecule has 0 radical (unpaired) electrons. The van der Waals surface area contributed by atoms with Crippen molar-refractivity contribution in [2.24, 2.45) is 11.5 Å². The van der Waals surface area contributed by atoms with Gasteiger partial charge in [-0.05, 0) is 28.8 Å². The van der Waals surface area contributed by atoms with Crippen LogP contribution in [0.15, 0.2) is 42.5 Å². The summed E-state index contributed by atoms with van der Waals surface area (Å²) in [5, 5.41) is 0.492. The largest absolute Gasteiger partial charge is 0.366 e. The van der Waals surface area contributed by atoms with Gasteiger partial charge in [-0.15, -0.1) is 12.4 Å². The van der Waals surface area contributed by atoms with E-state index in [1.165, 1.54) is 0 Å². The number of rotatable bonds is 3. The Labute approximate surface area is 123 Å². The van der Waals surface area contributed by atoms with Gasteiger partial charge >= 0.3 is 0 Å². The smallest absolute Gasteiger partial charge is 0.249 e. The highest BCUT2D eigenvalue weighted by Crippen LogP contribution is 2.26. The summed E-state index contributed by atoms with van der Waals surface area (Å²) in [7, 11) is 0. The van der Waals surface area contributed by atoms with Crippen LogP contribution in [0.25, 0.3) is 11.1 Å². The predicted molar refractivity (Wildman–Crippen MR) is 80.5 cm³/mol. The van der Waals surface area contributed by atoms with Crippen LogP contribution in [0.1, 0.15) is 15.9 Å². The minimum atomic E-state index is -0.490. The third-order valence-corrected chi connectivity index (χ3v) is 2.98. The highest BCUT2D eigenvalue weighted by Gasteiger charge is 2.10. The van der Waals surface area contributed by atoms with Crippen LogP contribution in [0.4, 0.5) is 0 Å². The van der Waals surface area contributed by atoms with Crippen LogP contribution in [-0.2, 0) is 6.54 Å². The number of halogens is 2. The van der Waals surface area contributed by atoms with Crippen molar-refractivity contribution in [3.8, 4) is 11.1 Å². The maximum absolute atomic E-state index is 11.4. The van der Waals surface area contributed by atoms with Gasteiger partial charge in [0.1, 0.15) is 0 Å². The molecule has 0 saturated carbocycles. The van der Waals surface area contributed by atoms with Crippen LogP contribution in [0.2, 0.25) is 5.02 Å². The monoisotopic (exact) mass is 296 g/mol. The number of hydrogen-bond acceptors (Lipinski definition) is 2. The average molecular weight is 297 g/mol. The van der Waals surface area contributed by atoms with Gasteiger partial charge in [0.25, 0.3) is 0 Å². The molecule has 0 aromatic heterocycles. The van der Waals surface area contributed by atoms with Crippen molar-refractivity contribution >= 4 is 29.9 Å². The van der Waals surface area contributed by atoms with E-state index in [-0.39, 0.29) is 12.4 Å². The van der Waals surface area contributed by atoms with E-state index in [0.717, 1.165) is 16.7 Å². The minimum Gasteiger partial charge on any atom is -0.366 e. The van der Waals surface area contributed by atoms with Crippen molar-refractivity contribution in [2.45, 2.75) is 6.54 Å². The van der Waals surface area contributed by atoms with E-state index in [0.29, 0.717) is 17.1 Å². The van der Waals surface area contributed by atoms with Gasteiger partial charge in [0.2, 0.25) is 5.91 Å². The Balaban J connectivity index is 0.00000180. The van der Waals surface area contributed by atoms with E-state index in [1.807, 2.05) is 24.3 Å². The molecule has 3 nitrogen and oxygen atoms in total. The van der Waals surface area contributed by atoms with E-state index in [1.54, 1.807) is 18.2 Å². The van der Waals surface area contributed by atoms with Gasteiger partial charge in [-0.1, -0.05) is 41.9 Å². The Morgan fingerprint density at radius 1 is 1.11 bits per heavy atom. The summed E-state index contributed by atoms with van der Waals surface area (Å²) in [4.78, 5) is 11.4. The maximum Gasteiger partial charge on any atom is 0.249 e. The molecule has 0 aliphatic rings. The van der Waals surface area contributed by atoms with Gasteiger partial charge in [-0.25, -0.2) is 0 Å². The SMILES string of the molecule is Cl.NCc1ccc(-c2ccc(Cl)cc2C(N)=O)cc1. The Morgan fingerprint density at radius 2 is 1.74 bits per heavy atom. The van der Waals surface area contributed by atoms with Crippen molar-refractivity contribution in [1.82, 2.24) is 0 Å². The first-order chi connectivity index (χ1) is 8.61. The molecule has 0 unspecified atom stereocenters. The second kappa shape index (κ2) is 6.57. The van der Waals surface area contributed by atoms with Crippen molar-refractivity contribution in [3.63, 3.8) is 0 Å². The molecule has 2 aromatic carbocycles. The number of carbonyl (C=O) groups is 1. The molecule has 100 valence electrons. The van der Waals surface area contributed by atoms with Gasteiger partial charge in [0, 0.05) is 17.1 Å². The highest BCUT2D eigenvalue weighted by molar-refractivity contribution is 6.31. The van der Waals surface area contributed by atoms with Crippen molar-refractivity contribution < 1.29 is 4.79 Å². The lowest BCUT2D eigenvalue weighted by Crippen LogP contribution is -2.12. The molecule has 5 heteroatoms. The summed E-state index contributed by atoms with van der Waals surface area (Å²) >= 11 is 5.87. The summed E-state index contributed by atoms with van der Waals surface area (Å²) in [6.45, 7) is 0.490. The molecule has 0 heterocycles. The lowest BCUT2D eigenvalue weighted by atomic mass is 9.98. The van der Waals surface area contributed by atoms with Crippen LogP contribution in [-0.4, -0.2) is 5.91 Å². The second-order valence-electron chi connectivity index (χ2n) is 3.96. The molecular formula is C14H14Cl2N2O. The molecule has 0 bridgehead atoms. The molecule has 1 amide bonds. The van der Waals surface area contributed by atoms with Crippen LogP contribution in [0.3, 0.4) is 0 Å². The number of nitrogens with two attached hydrogens (primary N) is 2. The zero-order valence-electron chi connectivity index (χ0n) is 10.1. The molecule has 19 heavy (non-hydrogen) atoms. The lowest BCUT2D eigenvalue weighted by molar-refractivity contribution is 0.100.